The summed E-state index contributed by atoms with van der Waals surface area (Å²) >= 11 is 3.32. The number of aromatic nitrogens is 2. The van der Waals surface area contributed by atoms with Gasteiger partial charge in [0.25, 0.3) is 5.91 Å². The van der Waals surface area contributed by atoms with E-state index < -0.39 is 0 Å². The highest BCUT2D eigenvalue weighted by Crippen LogP contribution is 2.26. The molecule has 0 fully saturated rings. The normalized spacial score (nSPS) is 9.90. The number of nitrogens with zero attached hydrogens (tertiary/aromatic N) is 3. The molecule has 0 aliphatic rings. The number of hydrogen-bond acceptors (Lipinski definition) is 4. The first-order valence-corrected chi connectivity index (χ1v) is 6.43. The number of anilines is 1. The fourth-order valence-corrected chi connectivity index (χ4v) is 2.20. The van der Waals surface area contributed by atoms with Gasteiger partial charge in [0.2, 0.25) is 0 Å². The van der Waals surface area contributed by atoms with Crippen molar-refractivity contribution in [2.24, 2.45) is 7.05 Å². The van der Waals surface area contributed by atoms with Crippen molar-refractivity contribution in [3.63, 3.8) is 0 Å². The van der Waals surface area contributed by atoms with E-state index in [2.05, 4.69) is 26.3 Å². The van der Waals surface area contributed by atoms with Crippen molar-refractivity contribution < 1.29 is 9.53 Å². The van der Waals surface area contributed by atoms with Gasteiger partial charge in [-0.3, -0.25) is 9.48 Å². The number of halogens is 1. The maximum atomic E-state index is 12.2. The summed E-state index contributed by atoms with van der Waals surface area (Å²) in [6.07, 6.45) is 1.40. The van der Waals surface area contributed by atoms with E-state index in [0.717, 1.165) is 0 Å². The van der Waals surface area contributed by atoms with Gasteiger partial charge in [0, 0.05) is 12.6 Å². The summed E-state index contributed by atoms with van der Waals surface area (Å²) in [6, 6.07) is 6.95. The summed E-state index contributed by atoms with van der Waals surface area (Å²) in [4.78, 5) is 12.2. The van der Waals surface area contributed by atoms with Crippen LogP contribution < -0.4 is 10.1 Å². The van der Waals surface area contributed by atoms with Gasteiger partial charge in [-0.2, -0.15) is 10.4 Å². The molecule has 2 aromatic rings. The number of aryl methyl sites for hydroxylation is 1. The Balaban J connectivity index is 2.27. The van der Waals surface area contributed by atoms with E-state index in [9.17, 15) is 4.79 Å². The number of carbonyl (C=O) groups excluding carboxylic acids is 1. The van der Waals surface area contributed by atoms with Gasteiger partial charge in [0.1, 0.15) is 23.2 Å². The van der Waals surface area contributed by atoms with Crippen LogP contribution in [0.3, 0.4) is 0 Å². The minimum atomic E-state index is -0.326. The Morgan fingerprint density at radius 1 is 1.55 bits per heavy atom. The maximum absolute atomic E-state index is 12.2. The summed E-state index contributed by atoms with van der Waals surface area (Å²) in [5.74, 6) is 0.678. The highest BCUT2D eigenvalue weighted by Gasteiger charge is 2.14. The molecule has 1 aromatic heterocycles. The Morgan fingerprint density at radius 3 is 2.90 bits per heavy atom. The summed E-state index contributed by atoms with van der Waals surface area (Å²) in [6.45, 7) is 0. The average Bonchev–Trinajstić information content (AvgIpc) is 2.79. The topological polar surface area (TPSA) is 79.9 Å². The van der Waals surface area contributed by atoms with Gasteiger partial charge >= 0.3 is 0 Å². The molecule has 0 bridgehead atoms. The van der Waals surface area contributed by atoms with Crippen molar-refractivity contribution in [3.05, 3.63) is 40.0 Å². The van der Waals surface area contributed by atoms with Crippen molar-refractivity contribution in [2.45, 2.75) is 0 Å². The minimum Gasteiger partial charge on any atom is -0.496 e. The number of nitrogens with one attached hydrogen (secondary N) is 1. The third kappa shape index (κ3) is 2.65. The number of ether oxygens (including phenoxy) is 1. The average molecular weight is 335 g/mol. The van der Waals surface area contributed by atoms with Crippen LogP contribution in [0.2, 0.25) is 0 Å². The van der Waals surface area contributed by atoms with Crippen LogP contribution in [0.1, 0.15) is 15.9 Å². The molecule has 1 amide bonds. The number of methoxy groups -OCH3 is 1. The van der Waals surface area contributed by atoms with Gasteiger partial charge in [0.15, 0.2) is 0 Å². The summed E-state index contributed by atoms with van der Waals surface area (Å²) < 4.78 is 7.22. The first-order valence-electron chi connectivity index (χ1n) is 5.63. The van der Waals surface area contributed by atoms with Crippen LogP contribution in [-0.2, 0) is 7.05 Å². The van der Waals surface area contributed by atoms with E-state index in [-0.39, 0.29) is 5.91 Å². The van der Waals surface area contributed by atoms with Crippen molar-refractivity contribution in [1.82, 2.24) is 9.78 Å². The molecule has 1 heterocycles. The highest BCUT2D eigenvalue weighted by atomic mass is 79.9. The number of carbonyl (C=O) groups is 1. The molecule has 0 aliphatic heterocycles. The Bertz CT molecular complexity index is 703. The van der Waals surface area contributed by atoms with Gasteiger partial charge < -0.3 is 10.1 Å². The van der Waals surface area contributed by atoms with Crippen LogP contribution in [0, 0.1) is 11.3 Å². The molecule has 0 spiro atoms. The molecule has 2 rings (SSSR count). The van der Waals surface area contributed by atoms with Crippen LogP contribution in [0.25, 0.3) is 0 Å². The lowest BCUT2D eigenvalue weighted by molar-refractivity contribution is 0.102. The highest BCUT2D eigenvalue weighted by molar-refractivity contribution is 9.10. The lowest BCUT2D eigenvalue weighted by atomic mass is 10.2. The van der Waals surface area contributed by atoms with Crippen LogP contribution in [-0.4, -0.2) is 22.8 Å². The SMILES string of the molecule is COc1ccc(C(=O)Nc2c(C#N)cnn2C)cc1Br. The second-order valence-corrected chi connectivity index (χ2v) is 4.80. The molecular weight excluding hydrogens is 324 g/mol. The van der Waals surface area contributed by atoms with Gasteiger partial charge in [-0.05, 0) is 34.1 Å². The Kier molecular flexibility index (Phi) is 4.05. The molecule has 0 radical (unpaired) electrons. The molecule has 0 atom stereocenters. The number of benzene rings is 1. The summed E-state index contributed by atoms with van der Waals surface area (Å²) in [7, 11) is 3.20. The fourth-order valence-electron chi connectivity index (χ4n) is 1.65. The van der Waals surface area contributed by atoms with E-state index in [1.54, 1.807) is 32.4 Å². The molecule has 0 aliphatic carbocycles. The second-order valence-electron chi connectivity index (χ2n) is 3.95. The third-order valence-corrected chi connectivity index (χ3v) is 3.32. The quantitative estimate of drug-likeness (QED) is 0.933. The Hall–Kier alpha value is -2.33. The standard InChI is InChI=1S/C13H11BrN4O2/c1-18-12(9(6-15)7-16-18)17-13(19)8-3-4-11(20-2)10(14)5-8/h3-5,7H,1-2H3,(H,17,19). The van der Waals surface area contributed by atoms with Gasteiger partial charge in [-0.25, -0.2) is 0 Å². The summed E-state index contributed by atoms with van der Waals surface area (Å²) in [5.41, 5.74) is 0.760. The summed E-state index contributed by atoms with van der Waals surface area (Å²) in [5, 5.41) is 15.5. The molecule has 1 N–H and O–H groups in total. The van der Waals surface area contributed by atoms with Crippen LogP contribution in [0.15, 0.2) is 28.9 Å². The predicted octanol–water partition coefficient (Wildman–Crippen LogP) is 2.32. The molecule has 1 aromatic carbocycles. The van der Waals surface area contributed by atoms with Crippen molar-refractivity contribution in [2.75, 3.05) is 12.4 Å². The van der Waals surface area contributed by atoms with Crippen LogP contribution in [0.4, 0.5) is 5.82 Å². The molecule has 6 nitrogen and oxygen atoms in total. The second kappa shape index (κ2) is 5.75. The molecule has 102 valence electrons. The molecule has 0 saturated heterocycles. The molecule has 7 heteroatoms. The first-order chi connectivity index (χ1) is 9.56. The van der Waals surface area contributed by atoms with E-state index in [0.29, 0.717) is 27.2 Å². The minimum absolute atomic E-state index is 0.313. The molecule has 20 heavy (non-hydrogen) atoms. The van der Waals surface area contributed by atoms with Gasteiger partial charge in [-0.1, -0.05) is 0 Å². The number of hydrogen-bond donors (Lipinski definition) is 1. The van der Waals surface area contributed by atoms with E-state index >= 15 is 0 Å². The van der Waals surface area contributed by atoms with Crippen LogP contribution in [0.5, 0.6) is 5.75 Å². The lowest BCUT2D eigenvalue weighted by Gasteiger charge is -2.08. The van der Waals surface area contributed by atoms with Crippen molar-refractivity contribution in [3.8, 4) is 11.8 Å². The maximum Gasteiger partial charge on any atom is 0.256 e. The lowest BCUT2D eigenvalue weighted by Crippen LogP contribution is -2.15. The predicted molar refractivity (Wildman–Crippen MR) is 76.6 cm³/mol. The number of amides is 1. The molecular formula is C13H11BrN4O2. The van der Waals surface area contributed by atoms with Gasteiger partial charge in [-0.15, -0.1) is 0 Å². The zero-order valence-electron chi connectivity index (χ0n) is 10.8. The van der Waals surface area contributed by atoms with Gasteiger partial charge in [0.05, 0.1) is 17.8 Å². The van der Waals surface area contributed by atoms with E-state index in [1.165, 1.54) is 10.9 Å². The zero-order chi connectivity index (χ0) is 14.7. The Labute approximate surface area is 124 Å². The monoisotopic (exact) mass is 334 g/mol. The zero-order valence-corrected chi connectivity index (χ0v) is 12.4. The van der Waals surface area contributed by atoms with Crippen LogP contribution >= 0.6 is 15.9 Å². The fraction of sp³-hybridized carbons (Fsp3) is 0.154. The Morgan fingerprint density at radius 2 is 2.30 bits per heavy atom. The van der Waals surface area contributed by atoms with Crippen molar-refractivity contribution in [1.29, 1.82) is 5.26 Å². The first kappa shape index (κ1) is 14.1. The van der Waals surface area contributed by atoms with E-state index in [1.807, 2.05) is 6.07 Å². The number of nitriles is 1. The number of rotatable bonds is 3. The largest absolute Gasteiger partial charge is 0.496 e. The molecule has 0 unspecified atom stereocenters. The smallest absolute Gasteiger partial charge is 0.256 e. The van der Waals surface area contributed by atoms with Crippen molar-refractivity contribution >= 4 is 27.7 Å². The van der Waals surface area contributed by atoms with E-state index in [4.69, 9.17) is 10.00 Å². The third-order valence-electron chi connectivity index (χ3n) is 2.71. The molecule has 0 saturated carbocycles.